The van der Waals surface area contributed by atoms with Crippen LogP contribution in [0.2, 0.25) is 0 Å². The Bertz CT molecular complexity index is 1090. The first-order valence-electron chi connectivity index (χ1n) is 13.4. The zero-order chi connectivity index (χ0) is 28.1. The van der Waals surface area contributed by atoms with Crippen LogP contribution in [0, 0.1) is 11.8 Å². The molecule has 0 unspecified atom stereocenters. The zero-order valence-corrected chi connectivity index (χ0v) is 22.7. The van der Waals surface area contributed by atoms with Crippen LogP contribution in [0.5, 0.6) is 23.0 Å². The summed E-state index contributed by atoms with van der Waals surface area (Å²) in [6, 6.07) is 8.73. The maximum atomic E-state index is 10.6. The number of aliphatic hydroxyl groups excluding tert-OH is 3. The smallest absolute Gasteiger partial charge is 0.186 e. The van der Waals surface area contributed by atoms with Crippen molar-refractivity contribution in [3.8, 4) is 23.0 Å². The Kier molecular flexibility index (Phi) is 9.92. The van der Waals surface area contributed by atoms with Gasteiger partial charge in [-0.05, 0) is 65.6 Å². The Morgan fingerprint density at radius 1 is 0.923 bits per heavy atom. The molecule has 1 saturated heterocycles. The Labute approximate surface area is 228 Å². The van der Waals surface area contributed by atoms with Crippen LogP contribution in [0.3, 0.4) is 0 Å². The average molecular weight is 549 g/mol. The van der Waals surface area contributed by atoms with Crippen LogP contribution in [0.25, 0.3) is 0 Å². The van der Waals surface area contributed by atoms with E-state index in [-0.39, 0.29) is 42.5 Å². The maximum absolute atomic E-state index is 10.6. The van der Waals surface area contributed by atoms with E-state index >= 15 is 0 Å². The van der Waals surface area contributed by atoms with E-state index in [4.69, 9.17) is 23.7 Å². The second-order valence-electron chi connectivity index (χ2n) is 10.3. The number of rotatable bonds is 11. The third-order valence-corrected chi connectivity index (χ3v) is 7.74. The van der Waals surface area contributed by atoms with E-state index in [9.17, 15) is 25.5 Å². The minimum Gasteiger partial charge on any atom is -0.504 e. The van der Waals surface area contributed by atoms with Gasteiger partial charge in [0.15, 0.2) is 29.3 Å². The van der Waals surface area contributed by atoms with Crippen molar-refractivity contribution < 1.29 is 49.2 Å². The molecule has 0 spiro atoms. The molecule has 1 heterocycles. The summed E-state index contributed by atoms with van der Waals surface area (Å²) in [5, 5.41) is 51.3. The number of aromatic hydroxyl groups is 2. The molecule has 1 aliphatic carbocycles. The fourth-order valence-electron chi connectivity index (χ4n) is 5.54. The molecular formula is C29H40O10. The number of benzene rings is 2. The monoisotopic (exact) mass is 548 g/mol. The summed E-state index contributed by atoms with van der Waals surface area (Å²) in [6.45, 7) is 3.15. The van der Waals surface area contributed by atoms with Crippen LogP contribution in [0.1, 0.15) is 42.4 Å². The molecule has 0 saturated carbocycles. The van der Waals surface area contributed by atoms with Crippen molar-refractivity contribution in [2.75, 3.05) is 40.6 Å². The summed E-state index contributed by atoms with van der Waals surface area (Å²) >= 11 is 0. The van der Waals surface area contributed by atoms with Crippen LogP contribution >= 0.6 is 0 Å². The Morgan fingerprint density at radius 3 is 2.38 bits per heavy atom. The zero-order valence-electron chi connectivity index (χ0n) is 22.7. The molecule has 4 rings (SSSR count). The molecule has 1 aliphatic heterocycles. The third-order valence-electron chi connectivity index (χ3n) is 7.74. The van der Waals surface area contributed by atoms with Crippen molar-refractivity contribution in [1.29, 1.82) is 0 Å². The van der Waals surface area contributed by atoms with Gasteiger partial charge in [0.05, 0.1) is 34.0 Å². The van der Waals surface area contributed by atoms with Crippen LogP contribution in [0.15, 0.2) is 30.3 Å². The Hall–Kier alpha value is -2.60. The minimum absolute atomic E-state index is 0.0130. The first-order chi connectivity index (χ1) is 18.8. The molecule has 216 valence electrons. The quantitative estimate of drug-likeness (QED) is 0.265. The van der Waals surface area contributed by atoms with Crippen molar-refractivity contribution in [2.45, 2.75) is 56.7 Å². The third kappa shape index (κ3) is 6.42. The van der Waals surface area contributed by atoms with Gasteiger partial charge in [-0.3, -0.25) is 0 Å². The topological polar surface area (TPSA) is 147 Å². The molecule has 10 heteroatoms. The van der Waals surface area contributed by atoms with Gasteiger partial charge in [-0.25, -0.2) is 0 Å². The molecule has 1 fully saturated rings. The SMILES string of the molecule is CCCCOC[C@H]1Cc2cc(O)c(OC)cc2[C@@H](c2ccc(O)c(OC)c2)[C@@H]1CO[C@@H]1OC[C@@H](O)[C@H](O)[C@H]1O. The van der Waals surface area contributed by atoms with Crippen LogP contribution < -0.4 is 9.47 Å². The number of phenolic OH excluding ortho intramolecular Hbond substituents is 2. The van der Waals surface area contributed by atoms with Gasteiger partial charge in [-0.2, -0.15) is 0 Å². The van der Waals surface area contributed by atoms with Gasteiger partial charge in [0, 0.05) is 12.5 Å². The van der Waals surface area contributed by atoms with E-state index in [2.05, 4.69) is 6.92 Å². The van der Waals surface area contributed by atoms with Crippen LogP contribution in [-0.2, 0) is 20.6 Å². The van der Waals surface area contributed by atoms with Gasteiger partial charge in [-0.1, -0.05) is 19.4 Å². The van der Waals surface area contributed by atoms with Crippen molar-refractivity contribution in [3.05, 3.63) is 47.0 Å². The lowest BCUT2D eigenvalue weighted by Crippen LogP contribution is -2.54. The van der Waals surface area contributed by atoms with E-state index in [1.807, 2.05) is 12.1 Å². The van der Waals surface area contributed by atoms with Gasteiger partial charge < -0.3 is 49.2 Å². The Balaban J connectivity index is 1.74. The summed E-state index contributed by atoms with van der Waals surface area (Å²) in [5.74, 6) is 0.206. The predicted molar refractivity (Wildman–Crippen MR) is 141 cm³/mol. The molecule has 2 aromatic carbocycles. The minimum atomic E-state index is -1.41. The number of hydrogen-bond acceptors (Lipinski definition) is 10. The number of methoxy groups -OCH3 is 2. The second kappa shape index (κ2) is 13.2. The molecule has 2 aliphatic rings. The molecule has 10 nitrogen and oxygen atoms in total. The molecule has 0 aromatic heterocycles. The molecule has 7 atom stereocenters. The molecule has 5 N–H and O–H groups in total. The number of unbranched alkanes of at least 4 members (excludes halogenated alkanes) is 1. The van der Waals surface area contributed by atoms with Crippen LogP contribution in [0.4, 0.5) is 0 Å². The average Bonchev–Trinajstić information content (AvgIpc) is 2.93. The summed E-state index contributed by atoms with van der Waals surface area (Å²) in [6.07, 6.45) is -2.55. The highest BCUT2D eigenvalue weighted by Gasteiger charge is 2.42. The van der Waals surface area contributed by atoms with E-state index in [1.54, 1.807) is 18.2 Å². The van der Waals surface area contributed by atoms with E-state index in [0.717, 1.165) is 29.5 Å². The fourth-order valence-corrected chi connectivity index (χ4v) is 5.54. The fraction of sp³-hybridized carbons (Fsp3) is 0.586. The van der Waals surface area contributed by atoms with E-state index < -0.39 is 24.6 Å². The van der Waals surface area contributed by atoms with E-state index in [0.29, 0.717) is 31.1 Å². The van der Waals surface area contributed by atoms with Gasteiger partial charge in [-0.15, -0.1) is 0 Å². The number of hydrogen-bond donors (Lipinski definition) is 5. The number of phenols is 2. The largest absolute Gasteiger partial charge is 0.504 e. The molecule has 39 heavy (non-hydrogen) atoms. The summed E-state index contributed by atoms with van der Waals surface area (Å²) < 4.78 is 28.5. The number of aliphatic hydroxyl groups is 3. The van der Waals surface area contributed by atoms with Gasteiger partial charge in [0.25, 0.3) is 0 Å². The first-order valence-corrected chi connectivity index (χ1v) is 13.4. The first kappa shape index (κ1) is 29.4. The maximum Gasteiger partial charge on any atom is 0.186 e. The number of ether oxygens (including phenoxy) is 5. The highest BCUT2D eigenvalue weighted by atomic mass is 16.7. The molecule has 0 radical (unpaired) electrons. The van der Waals surface area contributed by atoms with Crippen LogP contribution in [-0.4, -0.2) is 90.8 Å². The van der Waals surface area contributed by atoms with Gasteiger partial charge >= 0.3 is 0 Å². The summed E-state index contributed by atoms with van der Waals surface area (Å²) in [5.41, 5.74) is 2.72. The molecule has 2 aromatic rings. The lowest BCUT2D eigenvalue weighted by atomic mass is 9.66. The highest BCUT2D eigenvalue weighted by Crippen LogP contribution is 2.48. The van der Waals surface area contributed by atoms with Crippen molar-refractivity contribution in [2.24, 2.45) is 11.8 Å². The number of fused-ring (bicyclic) bond motifs is 1. The normalized spacial score (nSPS) is 28.6. The highest BCUT2D eigenvalue weighted by molar-refractivity contribution is 5.53. The lowest BCUT2D eigenvalue weighted by Gasteiger charge is -2.42. The van der Waals surface area contributed by atoms with E-state index in [1.165, 1.54) is 14.2 Å². The molecule has 0 bridgehead atoms. The second-order valence-corrected chi connectivity index (χ2v) is 10.3. The molecule has 0 amide bonds. The Morgan fingerprint density at radius 2 is 1.67 bits per heavy atom. The molecular weight excluding hydrogens is 508 g/mol. The standard InChI is InChI=1S/C29H40O10/c1-4-5-8-37-13-18-9-17-10-22(31)25(36-3)12-19(17)26(16-6-7-21(30)24(11-16)35-2)20(18)14-38-29-28(34)27(33)23(32)15-39-29/h6-7,10-12,18,20,23,26-34H,4-5,8-9,13-15H2,1-3H3/t18-,20-,23-,26-,27+,28-,29-/m1/s1. The summed E-state index contributed by atoms with van der Waals surface area (Å²) in [4.78, 5) is 0. The van der Waals surface area contributed by atoms with Crippen molar-refractivity contribution >= 4 is 0 Å². The lowest BCUT2D eigenvalue weighted by molar-refractivity contribution is -0.274. The van der Waals surface area contributed by atoms with Crippen molar-refractivity contribution in [3.63, 3.8) is 0 Å². The van der Waals surface area contributed by atoms with Crippen molar-refractivity contribution in [1.82, 2.24) is 0 Å². The summed E-state index contributed by atoms with van der Waals surface area (Å²) in [7, 11) is 2.98. The van der Waals surface area contributed by atoms with Gasteiger partial charge in [0.2, 0.25) is 0 Å². The predicted octanol–water partition coefficient (Wildman–Crippen LogP) is 2.31. The van der Waals surface area contributed by atoms with Gasteiger partial charge in [0.1, 0.15) is 18.3 Å².